The van der Waals surface area contributed by atoms with E-state index in [-0.39, 0.29) is 0 Å². The summed E-state index contributed by atoms with van der Waals surface area (Å²) in [6.45, 7) is 1.97. The van der Waals surface area contributed by atoms with Gasteiger partial charge in [-0.25, -0.2) is 4.98 Å². The van der Waals surface area contributed by atoms with E-state index >= 15 is 0 Å². The Hall–Kier alpha value is -0.810. The topological polar surface area (TPSA) is 24.9 Å². The van der Waals surface area contributed by atoms with Crippen molar-refractivity contribution < 1.29 is 0 Å². The molecular formula is C14H9BrCl2N2S. The molecule has 2 aromatic carbocycles. The first-order valence-electron chi connectivity index (χ1n) is 5.82. The molecule has 0 spiro atoms. The van der Waals surface area contributed by atoms with E-state index < -0.39 is 0 Å². The molecule has 1 heterocycles. The number of halogens is 3. The Morgan fingerprint density at radius 1 is 1.20 bits per heavy atom. The van der Waals surface area contributed by atoms with Crippen molar-refractivity contribution in [2.75, 3.05) is 5.32 Å². The second kappa shape index (κ2) is 5.53. The third-order valence-electron chi connectivity index (χ3n) is 2.84. The van der Waals surface area contributed by atoms with Crippen LogP contribution in [0.25, 0.3) is 10.2 Å². The highest BCUT2D eigenvalue weighted by Gasteiger charge is 2.08. The summed E-state index contributed by atoms with van der Waals surface area (Å²) in [5.74, 6) is 0. The Kier molecular flexibility index (Phi) is 3.91. The molecule has 0 fully saturated rings. The average molecular weight is 388 g/mol. The molecule has 3 aromatic rings. The zero-order valence-electron chi connectivity index (χ0n) is 10.4. The molecule has 0 atom stereocenters. The molecule has 0 saturated heterocycles. The van der Waals surface area contributed by atoms with E-state index in [4.69, 9.17) is 23.2 Å². The van der Waals surface area contributed by atoms with Gasteiger partial charge in [-0.2, -0.15) is 0 Å². The maximum atomic E-state index is 6.16. The second-order valence-electron chi connectivity index (χ2n) is 4.34. The monoisotopic (exact) mass is 386 g/mol. The largest absolute Gasteiger partial charge is 0.331 e. The molecule has 20 heavy (non-hydrogen) atoms. The van der Waals surface area contributed by atoms with Gasteiger partial charge in [0.05, 0.1) is 15.9 Å². The zero-order valence-corrected chi connectivity index (χ0v) is 14.3. The first kappa shape index (κ1) is 14.1. The number of fused-ring (bicyclic) bond motifs is 1. The van der Waals surface area contributed by atoms with Gasteiger partial charge in [-0.1, -0.05) is 34.5 Å². The highest BCUT2D eigenvalue weighted by molar-refractivity contribution is 9.10. The van der Waals surface area contributed by atoms with Crippen molar-refractivity contribution in [3.8, 4) is 0 Å². The number of nitrogens with zero attached hydrogens (tertiary/aromatic N) is 1. The normalized spacial score (nSPS) is 11.0. The van der Waals surface area contributed by atoms with Gasteiger partial charge in [-0.05, 0) is 58.7 Å². The number of aryl methyl sites for hydroxylation is 1. The van der Waals surface area contributed by atoms with Gasteiger partial charge in [0, 0.05) is 14.5 Å². The van der Waals surface area contributed by atoms with E-state index in [0.29, 0.717) is 5.02 Å². The molecule has 2 nitrogen and oxygen atoms in total. The molecule has 0 radical (unpaired) electrons. The molecule has 6 heteroatoms. The molecule has 0 aliphatic rings. The van der Waals surface area contributed by atoms with Gasteiger partial charge in [0.15, 0.2) is 5.13 Å². The summed E-state index contributed by atoms with van der Waals surface area (Å²) in [6, 6.07) is 9.56. The minimum atomic E-state index is 0.689. The maximum Gasteiger partial charge on any atom is 0.188 e. The van der Waals surface area contributed by atoms with Crippen molar-refractivity contribution >= 4 is 71.5 Å². The van der Waals surface area contributed by atoms with Gasteiger partial charge in [-0.15, -0.1) is 0 Å². The lowest BCUT2D eigenvalue weighted by atomic mass is 10.2. The summed E-state index contributed by atoms with van der Waals surface area (Å²) in [6.07, 6.45) is 0. The van der Waals surface area contributed by atoms with Crippen LogP contribution >= 0.6 is 50.5 Å². The number of rotatable bonds is 2. The summed E-state index contributed by atoms with van der Waals surface area (Å²) in [5.41, 5.74) is 2.81. The lowest BCUT2D eigenvalue weighted by Crippen LogP contribution is -1.91. The predicted octanol–water partition coefficient (Wildman–Crippen LogP) is 6.42. The van der Waals surface area contributed by atoms with Crippen LogP contribution in [0.2, 0.25) is 10.0 Å². The Bertz CT molecular complexity index is 801. The number of hydrogen-bond donors (Lipinski definition) is 1. The van der Waals surface area contributed by atoms with Crippen LogP contribution in [0.5, 0.6) is 0 Å². The molecule has 3 rings (SSSR count). The molecule has 0 bridgehead atoms. The molecule has 0 unspecified atom stereocenters. The fourth-order valence-electron chi connectivity index (χ4n) is 1.81. The van der Waals surface area contributed by atoms with Crippen molar-refractivity contribution in [2.45, 2.75) is 6.92 Å². The van der Waals surface area contributed by atoms with E-state index in [1.54, 1.807) is 11.3 Å². The minimum absolute atomic E-state index is 0.689. The molecule has 0 aliphatic heterocycles. The van der Waals surface area contributed by atoms with Gasteiger partial charge in [0.2, 0.25) is 0 Å². The Balaban J connectivity index is 1.99. The standard InChI is InChI=1S/C14H9BrCl2N2S/c1-7-4-9(15)11(6-10(7)17)18-14-19-12-5-8(16)2-3-13(12)20-14/h2-6H,1H3,(H,18,19). The fraction of sp³-hybridized carbons (Fsp3) is 0.0714. The van der Waals surface area contributed by atoms with Crippen LogP contribution in [0, 0.1) is 6.92 Å². The van der Waals surface area contributed by atoms with E-state index in [9.17, 15) is 0 Å². The summed E-state index contributed by atoms with van der Waals surface area (Å²) in [4.78, 5) is 4.52. The summed E-state index contributed by atoms with van der Waals surface area (Å²) in [7, 11) is 0. The lowest BCUT2D eigenvalue weighted by Gasteiger charge is -2.07. The van der Waals surface area contributed by atoms with E-state index in [2.05, 4.69) is 26.2 Å². The van der Waals surface area contributed by atoms with E-state index in [1.807, 2.05) is 37.3 Å². The van der Waals surface area contributed by atoms with Crippen LogP contribution < -0.4 is 5.32 Å². The fourth-order valence-corrected chi connectivity index (χ4v) is 3.56. The molecule has 0 aliphatic carbocycles. The number of nitrogens with one attached hydrogen (secondary N) is 1. The quantitative estimate of drug-likeness (QED) is 0.548. The van der Waals surface area contributed by atoms with Crippen molar-refractivity contribution in [1.29, 1.82) is 0 Å². The van der Waals surface area contributed by atoms with E-state index in [1.165, 1.54) is 0 Å². The van der Waals surface area contributed by atoms with Crippen molar-refractivity contribution in [1.82, 2.24) is 4.98 Å². The van der Waals surface area contributed by atoms with Gasteiger partial charge in [0.25, 0.3) is 0 Å². The van der Waals surface area contributed by atoms with Crippen LogP contribution in [-0.4, -0.2) is 4.98 Å². The number of anilines is 2. The Morgan fingerprint density at radius 2 is 2.00 bits per heavy atom. The van der Waals surface area contributed by atoms with Crippen LogP contribution in [0.4, 0.5) is 10.8 Å². The van der Waals surface area contributed by atoms with Crippen LogP contribution in [0.1, 0.15) is 5.56 Å². The van der Waals surface area contributed by atoms with Crippen LogP contribution in [0.3, 0.4) is 0 Å². The number of benzene rings is 2. The summed E-state index contributed by atoms with van der Waals surface area (Å²) in [5, 5.41) is 5.50. The first-order valence-corrected chi connectivity index (χ1v) is 8.18. The van der Waals surface area contributed by atoms with Gasteiger partial charge in [-0.3, -0.25) is 0 Å². The highest BCUT2D eigenvalue weighted by Crippen LogP contribution is 2.34. The highest BCUT2D eigenvalue weighted by atomic mass is 79.9. The SMILES string of the molecule is Cc1cc(Br)c(Nc2nc3cc(Cl)ccc3s2)cc1Cl. The zero-order chi connectivity index (χ0) is 14.3. The average Bonchev–Trinajstić information content (AvgIpc) is 2.77. The predicted molar refractivity (Wildman–Crippen MR) is 91.8 cm³/mol. The second-order valence-corrected chi connectivity index (χ2v) is 7.07. The number of aromatic nitrogens is 1. The molecular weight excluding hydrogens is 379 g/mol. The molecule has 0 saturated carbocycles. The number of hydrogen-bond acceptors (Lipinski definition) is 3. The maximum absolute atomic E-state index is 6.16. The Morgan fingerprint density at radius 3 is 2.80 bits per heavy atom. The molecule has 1 aromatic heterocycles. The third-order valence-corrected chi connectivity index (χ3v) is 5.09. The van der Waals surface area contributed by atoms with Crippen molar-refractivity contribution in [3.05, 3.63) is 50.4 Å². The van der Waals surface area contributed by atoms with E-state index in [0.717, 1.165) is 36.1 Å². The third kappa shape index (κ3) is 2.79. The number of thiazole rings is 1. The summed E-state index contributed by atoms with van der Waals surface area (Å²) < 4.78 is 2.04. The summed E-state index contributed by atoms with van der Waals surface area (Å²) >= 11 is 17.2. The van der Waals surface area contributed by atoms with Gasteiger partial charge < -0.3 is 5.32 Å². The van der Waals surface area contributed by atoms with Crippen molar-refractivity contribution in [3.63, 3.8) is 0 Å². The Labute approximate surface area is 138 Å². The van der Waals surface area contributed by atoms with Gasteiger partial charge >= 0.3 is 0 Å². The van der Waals surface area contributed by atoms with Crippen LogP contribution in [0.15, 0.2) is 34.8 Å². The van der Waals surface area contributed by atoms with Gasteiger partial charge in [0.1, 0.15) is 0 Å². The lowest BCUT2D eigenvalue weighted by molar-refractivity contribution is 1.40. The molecule has 102 valence electrons. The molecule has 1 N–H and O–H groups in total. The molecule has 0 amide bonds. The minimum Gasteiger partial charge on any atom is -0.331 e. The van der Waals surface area contributed by atoms with Crippen molar-refractivity contribution in [2.24, 2.45) is 0 Å². The van der Waals surface area contributed by atoms with Crippen LogP contribution in [-0.2, 0) is 0 Å². The smallest absolute Gasteiger partial charge is 0.188 e. The first-order chi connectivity index (χ1) is 9.52.